The number of ketones is 1. The molecule has 1 aromatic heterocycles. The maximum Gasteiger partial charge on any atom is 0.170 e. The summed E-state index contributed by atoms with van der Waals surface area (Å²) >= 11 is 0. The molecular formula is C14H17N3O. The summed E-state index contributed by atoms with van der Waals surface area (Å²) in [7, 11) is 0. The molecular weight excluding hydrogens is 226 g/mol. The number of Topliss-reactive ketones (excluding diaryl/α,β-unsaturated/α-hetero) is 1. The van der Waals surface area contributed by atoms with Crippen molar-refractivity contribution in [2.75, 3.05) is 5.73 Å². The number of aromatic nitrogens is 2. The minimum Gasteiger partial charge on any atom is -0.398 e. The van der Waals surface area contributed by atoms with Crippen LogP contribution < -0.4 is 5.73 Å². The van der Waals surface area contributed by atoms with E-state index in [0.29, 0.717) is 17.7 Å². The van der Waals surface area contributed by atoms with E-state index < -0.39 is 0 Å². The van der Waals surface area contributed by atoms with E-state index in [0.717, 1.165) is 17.9 Å². The maximum absolute atomic E-state index is 12.2. The zero-order chi connectivity index (χ0) is 13.1. The first kappa shape index (κ1) is 12.4. The molecule has 2 aromatic rings. The van der Waals surface area contributed by atoms with Gasteiger partial charge in [-0.25, -0.2) is 4.98 Å². The SMILES string of the molecule is CCn1ccnc1CC(=O)c1cccc(N)c1C. The average molecular weight is 243 g/mol. The molecule has 2 N–H and O–H groups in total. The summed E-state index contributed by atoms with van der Waals surface area (Å²) in [5.74, 6) is 0.852. The highest BCUT2D eigenvalue weighted by molar-refractivity contribution is 5.99. The number of hydrogen-bond acceptors (Lipinski definition) is 3. The van der Waals surface area contributed by atoms with Crippen LogP contribution in [0.5, 0.6) is 0 Å². The predicted molar refractivity (Wildman–Crippen MR) is 71.5 cm³/mol. The monoisotopic (exact) mass is 243 g/mol. The van der Waals surface area contributed by atoms with E-state index in [2.05, 4.69) is 4.98 Å². The first-order valence-corrected chi connectivity index (χ1v) is 6.01. The Bertz CT molecular complexity index is 572. The van der Waals surface area contributed by atoms with Crippen molar-refractivity contribution in [1.29, 1.82) is 0 Å². The number of nitrogens with two attached hydrogens (primary N) is 1. The Kier molecular flexibility index (Phi) is 3.46. The normalized spacial score (nSPS) is 10.6. The van der Waals surface area contributed by atoms with Crippen molar-refractivity contribution in [1.82, 2.24) is 9.55 Å². The molecule has 0 spiro atoms. The summed E-state index contributed by atoms with van der Waals surface area (Å²) in [6.45, 7) is 4.72. The minimum atomic E-state index is 0.0562. The van der Waals surface area contributed by atoms with Crippen LogP contribution in [-0.4, -0.2) is 15.3 Å². The van der Waals surface area contributed by atoms with Gasteiger partial charge in [-0.05, 0) is 25.5 Å². The standard InChI is InChI=1S/C14H17N3O/c1-3-17-8-7-16-14(17)9-13(18)11-5-4-6-12(15)10(11)2/h4-8H,3,9,15H2,1-2H3. The van der Waals surface area contributed by atoms with Crippen molar-refractivity contribution < 1.29 is 4.79 Å². The van der Waals surface area contributed by atoms with Gasteiger partial charge in [0.15, 0.2) is 5.78 Å². The zero-order valence-electron chi connectivity index (χ0n) is 10.7. The Labute approximate surface area is 106 Å². The molecule has 0 radical (unpaired) electrons. The number of carbonyl (C=O) groups is 1. The Hall–Kier alpha value is -2.10. The zero-order valence-corrected chi connectivity index (χ0v) is 10.7. The van der Waals surface area contributed by atoms with Gasteiger partial charge < -0.3 is 10.3 Å². The average Bonchev–Trinajstić information content (AvgIpc) is 2.79. The van der Waals surface area contributed by atoms with Crippen molar-refractivity contribution in [3.8, 4) is 0 Å². The Balaban J connectivity index is 2.25. The van der Waals surface area contributed by atoms with E-state index >= 15 is 0 Å². The number of anilines is 1. The molecule has 94 valence electrons. The van der Waals surface area contributed by atoms with E-state index in [1.165, 1.54) is 0 Å². The summed E-state index contributed by atoms with van der Waals surface area (Å²) in [5, 5.41) is 0. The Morgan fingerprint density at radius 2 is 2.22 bits per heavy atom. The second-order valence-electron chi connectivity index (χ2n) is 4.25. The van der Waals surface area contributed by atoms with Crippen molar-refractivity contribution >= 4 is 11.5 Å². The fraction of sp³-hybridized carbons (Fsp3) is 0.286. The van der Waals surface area contributed by atoms with Crippen LogP contribution >= 0.6 is 0 Å². The van der Waals surface area contributed by atoms with Crippen molar-refractivity contribution in [2.45, 2.75) is 26.8 Å². The molecule has 2 rings (SSSR count). The van der Waals surface area contributed by atoms with Crippen LogP contribution in [0.25, 0.3) is 0 Å². The van der Waals surface area contributed by atoms with Gasteiger partial charge in [0.05, 0.1) is 6.42 Å². The molecule has 4 nitrogen and oxygen atoms in total. The van der Waals surface area contributed by atoms with E-state index in [1.807, 2.05) is 36.7 Å². The second kappa shape index (κ2) is 5.04. The summed E-state index contributed by atoms with van der Waals surface area (Å²) in [4.78, 5) is 16.5. The largest absolute Gasteiger partial charge is 0.398 e. The number of rotatable bonds is 4. The second-order valence-corrected chi connectivity index (χ2v) is 4.25. The number of benzene rings is 1. The molecule has 0 atom stereocenters. The van der Waals surface area contributed by atoms with Gasteiger partial charge in [-0.15, -0.1) is 0 Å². The minimum absolute atomic E-state index is 0.0562. The third-order valence-electron chi connectivity index (χ3n) is 3.14. The topological polar surface area (TPSA) is 60.9 Å². The third kappa shape index (κ3) is 2.27. The molecule has 0 aliphatic rings. The van der Waals surface area contributed by atoms with E-state index in [1.54, 1.807) is 12.3 Å². The van der Waals surface area contributed by atoms with Gasteiger partial charge in [-0.3, -0.25) is 4.79 Å². The highest BCUT2D eigenvalue weighted by atomic mass is 16.1. The predicted octanol–water partition coefficient (Wildman–Crippen LogP) is 2.22. The lowest BCUT2D eigenvalue weighted by molar-refractivity contribution is 0.0989. The number of nitrogen functional groups attached to an aromatic ring is 1. The van der Waals surface area contributed by atoms with Gasteiger partial charge in [-0.2, -0.15) is 0 Å². The van der Waals surface area contributed by atoms with Crippen LogP contribution in [-0.2, 0) is 13.0 Å². The highest BCUT2D eigenvalue weighted by Crippen LogP contribution is 2.17. The van der Waals surface area contributed by atoms with Crippen molar-refractivity contribution in [2.24, 2.45) is 0 Å². The van der Waals surface area contributed by atoms with Gasteiger partial charge in [0.25, 0.3) is 0 Å². The molecule has 0 saturated heterocycles. The number of hydrogen-bond donors (Lipinski definition) is 1. The molecule has 18 heavy (non-hydrogen) atoms. The van der Waals surface area contributed by atoms with Gasteiger partial charge in [0.1, 0.15) is 5.82 Å². The van der Waals surface area contributed by atoms with E-state index in [4.69, 9.17) is 5.73 Å². The number of imidazole rings is 1. The first-order chi connectivity index (χ1) is 8.63. The van der Waals surface area contributed by atoms with Crippen molar-refractivity contribution in [3.63, 3.8) is 0 Å². The summed E-state index contributed by atoms with van der Waals surface area (Å²) in [5.41, 5.74) is 7.99. The molecule has 0 fully saturated rings. The Morgan fingerprint density at radius 3 is 2.94 bits per heavy atom. The van der Waals surface area contributed by atoms with Crippen LogP contribution in [0.1, 0.15) is 28.7 Å². The Morgan fingerprint density at radius 1 is 1.44 bits per heavy atom. The lowest BCUT2D eigenvalue weighted by Gasteiger charge is -2.08. The van der Waals surface area contributed by atoms with Crippen LogP contribution in [0.3, 0.4) is 0 Å². The summed E-state index contributed by atoms with van der Waals surface area (Å²) < 4.78 is 1.97. The van der Waals surface area contributed by atoms with Crippen LogP contribution in [0.2, 0.25) is 0 Å². The third-order valence-corrected chi connectivity index (χ3v) is 3.14. The first-order valence-electron chi connectivity index (χ1n) is 6.01. The molecule has 0 saturated carbocycles. The lowest BCUT2D eigenvalue weighted by Crippen LogP contribution is -2.11. The molecule has 1 heterocycles. The smallest absolute Gasteiger partial charge is 0.170 e. The fourth-order valence-electron chi connectivity index (χ4n) is 1.99. The lowest BCUT2D eigenvalue weighted by atomic mass is 10.0. The van der Waals surface area contributed by atoms with Crippen molar-refractivity contribution in [3.05, 3.63) is 47.5 Å². The molecule has 1 aromatic carbocycles. The van der Waals surface area contributed by atoms with Crippen LogP contribution in [0.15, 0.2) is 30.6 Å². The van der Waals surface area contributed by atoms with E-state index in [-0.39, 0.29) is 5.78 Å². The molecule has 0 unspecified atom stereocenters. The molecule has 0 aliphatic carbocycles. The van der Waals surface area contributed by atoms with Gasteiger partial charge >= 0.3 is 0 Å². The summed E-state index contributed by atoms with van der Waals surface area (Å²) in [6.07, 6.45) is 3.91. The molecule has 0 aliphatic heterocycles. The van der Waals surface area contributed by atoms with Gasteiger partial charge in [0.2, 0.25) is 0 Å². The fourth-order valence-corrected chi connectivity index (χ4v) is 1.99. The quantitative estimate of drug-likeness (QED) is 0.661. The molecule has 0 bridgehead atoms. The number of aryl methyl sites for hydroxylation is 1. The number of nitrogens with zero attached hydrogens (tertiary/aromatic N) is 2. The maximum atomic E-state index is 12.2. The van der Waals surface area contributed by atoms with Crippen LogP contribution in [0, 0.1) is 6.92 Å². The summed E-state index contributed by atoms with van der Waals surface area (Å²) in [6, 6.07) is 5.42. The van der Waals surface area contributed by atoms with E-state index in [9.17, 15) is 4.79 Å². The van der Waals surface area contributed by atoms with Gasteiger partial charge in [0, 0.05) is 30.2 Å². The van der Waals surface area contributed by atoms with Crippen LogP contribution in [0.4, 0.5) is 5.69 Å². The van der Waals surface area contributed by atoms with Gasteiger partial charge in [-0.1, -0.05) is 12.1 Å². The highest BCUT2D eigenvalue weighted by Gasteiger charge is 2.13. The molecule has 4 heteroatoms. The number of carbonyl (C=O) groups excluding carboxylic acids is 1. The molecule has 0 amide bonds.